The molecule has 0 saturated carbocycles. The summed E-state index contributed by atoms with van der Waals surface area (Å²) < 4.78 is 5.29. The Morgan fingerprint density at radius 1 is 1.14 bits per heavy atom. The van der Waals surface area contributed by atoms with Gasteiger partial charge in [-0.15, -0.1) is 0 Å². The molecular weight excluding hydrogens is 270 g/mol. The van der Waals surface area contributed by atoms with Crippen molar-refractivity contribution in [1.82, 2.24) is 14.8 Å². The van der Waals surface area contributed by atoms with Crippen molar-refractivity contribution >= 4 is 11.8 Å². The smallest absolute Gasteiger partial charge is 0.255 e. The van der Waals surface area contributed by atoms with Gasteiger partial charge in [-0.3, -0.25) is 14.6 Å². The molecule has 6 heteroatoms. The molecule has 21 heavy (non-hydrogen) atoms. The zero-order valence-electron chi connectivity index (χ0n) is 12.2. The number of carbonyl (C=O) groups is 2. The lowest BCUT2D eigenvalue weighted by atomic mass is 9.96. The Bertz CT molecular complexity index is 567. The second-order valence-corrected chi connectivity index (χ2v) is 5.42. The Labute approximate surface area is 123 Å². The van der Waals surface area contributed by atoms with Crippen LogP contribution in [-0.4, -0.2) is 59.4 Å². The Morgan fingerprint density at radius 3 is 2.62 bits per heavy atom. The van der Waals surface area contributed by atoms with Crippen LogP contribution in [0, 0.1) is 0 Å². The number of fused-ring (bicyclic) bond motifs is 1. The molecule has 1 fully saturated rings. The van der Waals surface area contributed by atoms with Crippen LogP contribution < -0.4 is 0 Å². The highest BCUT2D eigenvalue weighted by molar-refractivity contribution is 5.96. The van der Waals surface area contributed by atoms with Gasteiger partial charge in [0.05, 0.1) is 18.8 Å². The molecule has 0 spiro atoms. The molecule has 0 bridgehead atoms. The lowest BCUT2D eigenvalue weighted by Crippen LogP contribution is -2.42. The molecule has 0 radical (unpaired) electrons. The van der Waals surface area contributed by atoms with E-state index < -0.39 is 0 Å². The zero-order chi connectivity index (χ0) is 14.8. The lowest BCUT2D eigenvalue weighted by molar-refractivity contribution is -0.129. The van der Waals surface area contributed by atoms with E-state index in [1.54, 1.807) is 24.2 Å². The molecule has 3 heterocycles. The predicted molar refractivity (Wildman–Crippen MR) is 75.8 cm³/mol. The number of nitrogens with zero attached hydrogens (tertiary/aromatic N) is 3. The van der Waals surface area contributed by atoms with Crippen molar-refractivity contribution in [2.45, 2.75) is 19.9 Å². The summed E-state index contributed by atoms with van der Waals surface area (Å²) in [5, 5.41) is 0. The van der Waals surface area contributed by atoms with Gasteiger partial charge in [-0.05, 0) is 17.5 Å². The van der Waals surface area contributed by atoms with Gasteiger partial charge in [-0.25, -0.2) is 0 Å². The van der Waals surface area contributed by atoms with Crippen molar-refractivity contribution in [2.24, 2.45) is 0 Å². The van der Waals surface area contributed by atoms with Gasteiger partial charge in [0.15, 0.2) is 0 Å². The van der Waals surface area contributed by atoms with E-state index in [4.69, 9.17) is 4.74 Å². The number of aromatic nitrogens is 1. The summed E-state index contributed by atoms with van der Waals surface area (Å²) in [4.78, 5) is 31.9. The number of ether oxygens (including phenoxy) is 1. The van der Waals surface area contributed by atoms with Crippen LogP contribution in [-0.2, 0) is 22.5 Å². The minimum atomic E-state index is 0.0268. The minimum Gasteiger partial charge on any atom is -0.378 e. The normalized spacial score (nSPS) is 18.3. The van der Waals surface area contributed by atoms with E-state index in [1.165, 1.54) is 0 Å². The topological polar surface area (TPSA) is 62.7 Å². The summed E-state index contributed by atoms with van der Waals surface area (Å²) in [6.07, 6.45) is 4.13. The summed E-state index contributed by atoms with van der Waals surface area (Å²) in [6.45, 7) is 5.21. The third-order valence-electron chi connectivity index (χ3n) is 4.11. The van der Waals surface area contributed by atoms with Crippen LogP contribution in [0.4, 0.5) is 0 Å². The van der Waals surface area contributed by atoms with Gasteiger partial charge in [0.2, 0.25) is 5.91 Å². The van der Waals surface area contributed by atoms with Gasteiger partial charge in [0, 0.05) is 45.5 Å². The maximum Gasteiger partial charge on any atom is 0.255 e. The molecule has 0 N–H and O–H groups in total. The third kappa shape index (κ3) is 2.76. The molecular formula is C15H19N3O3. The zero-order valence-corrected chi connectivity index (χ0v) is 12.2. The standard InChI is InChI=1S/C15H19N3O3/c1-11(19)18-3-2-13-12(10-18)8-16-9-14(13)15(20)17-4-6-21-7-5-17/h8-9H,2-7,10H2,1H3. The highest BCUT2D eigenvalue weighted by Crippen LogP contribution is 2.23. The number of carbonyl (C=O) groups excluding carboxylic acids is 2. The van der Waals surface area contributed by atoms with Crippen molar-refractivity contribution < 1.29 is 14.3 Å². The molecule has 0 unspecified atom stereocenters. The Morgan fingerprint density at radius 2 is 1.90 bits per heavy atom. The number of pyridine rings is 1. The van der Waals surface area contributed by atoms with E-state index in [0.29, 0.717) is 51.4 Å². The van der Waals surface area contributed by atoms with Crippen LogP contribution in [0.1, 0.15) is 28.4 Å². The number of amides is 2. The molecule has 2 amide bonds. The Hall–Kier alpha value is -1.95. The SMILES string of the molecule is CC(=O)N1CCc2c(cncc2C(=O)N2CCOCC2)C1. The highest BCUT2D eigenvalue weighted by Gasteiger charge is 2.26. The maximum atomic E-state index is 12.6. The lowest BCUT2D eigenvalue weighted by Gasteiger charge is -2.31. The van der Waals surface area contributed by atoms with Gasteiger partial charge in [-0.1, -0.05) is 0 Å². The van der Waals surface area contributed by atoms with Crippen LogP contribution in [0.3, 0.4) is 0 Å². The van der Waals surface area contributed by atoms with Crippen LogP contribution >= 0.6 is 0 Å². The quantitative estimate of drug-likeness (QED) is 0.753. The number of morpholine rings is 1. The minimum absolute atomic E-state index is 0.0268. The van der Waals surface area contributed by atoms with E-state index in [0.717, 1.165) is 11.1 Å². The van der Waals surface area contributed by atoms with Crippen molar-refractivity contribution in [1.29, 1.82) is 0 Å². The van der Waals surface area contributed by atoms with Crippen LogP contribution in [0.25, 0.3) is 0 Å². The Kier molecular flexibility index (Phi) is 3.88. The number of hydrogen-bond acceptors (Lipinski definition) is 4. The second kappa shape index (κ2) is 5.81. The first kappa shape index (κ1) is 14.0. The molecule has 2 aliphatic heterocycles. The van der Waals surface area contributed by atoms with E-state index >= 15 is 0 Å². The highest BCUT2D eigenvalue weighted by atomic mass is 16.5. The van der Waals surface area contributed by atoms with Crippen molar-refractivity contribution in [2.75, 3.05) is 32.8 Å². The first-order valence-corrected chi connectivity index (χ1v) is 7.25. The first-order valence-electron chi connectivity index (χ1n) is 7.25. The van der Waals surface area contributed by atoms with Crippen molar-refractivity contribution in [3.63, 3.8) is 0 Å². The monoisotopic (exact) mass is 289 g/mol. The predicted octanol–water partition coefficient (Wildman–Crippen LogP) is 0.459. The summed E-state index contributed by atoms with van der Waals surface area (Å²) in [6, 6.07) is 0. The molecule has 6 nitrogen and oxygen atoms in total. The van der Waals surface area contributed by atoms with Crippen molar-refractivity contribution in [3.05, 3.63) is 29.1 Å². The van der Waals surface area contributed by atoms with Gasteiger partial charge in [0.25, 0.3) is 5.91 Å². The summed E-state index contributed by atoms with van der Waals surface area (Å²) in [5.74, 6) is 0.0875. The molecule has 0 aliphatic carbocycles. The average molecular weight is 289 g/mol. The average Bonchev–Trinajstić information content (AvgIpc) is 2.54. The number of rotatable bonds is 1. The van der Waals surface area contributed by atoms with Gasteiger partial charge >= 0.3 is 0 Å². The third-order valence-corrected chi connectivity index (χ3v) is 4.11. The summed E-state index contributed by atoms with van der Waals surface area (Å²) in [5.41, 5.74) is 2.70. The molecule has 2 aliphatic rings. The molecule has 0 aromatic carbocycles. The van der Waals surface area contributed by atoms with Gasteiger partial charge < -0.3 is 14.5 Å². The van der Waals surface area contributed by atoms with E-state index in [9.17, 15) is 9.59 Å². The fourth-order valence-electron chi connectivity index (χ4n) is 2.88. The van der Waals surface area contributed by atoms with Crippen LogP contribution in [0.2, 0.25) is 0 Å². The molecule has 3 rings (SSSR count). The Balaban J connectivity index is 1.86. The van der Waals surface area contributed by atoms with Crippen molar-refractivity contribution in [3.8, 4) is 0 Å². The molecule has 1 saturated heterocycles. The van der Waals surface area contributed by atoms with Gasteiger partial charge in [-0.2, -0.15) is 0 Å². The van der Waals surface area contributed by atoms with Crippen LogP contribution in [0.15, 0.2) is 12.4 Å². The summed E-state index contributed by atoms with van der Waals surface area (Å²) in [7, 11) is 0. The van der Waals surface area contributed by atoms with E-state index in [2.05, 4.69) is 4.98 Å². The van der Waals surface area contributed by atoms with E-state index in [-0.39, 0.29) is 11.8 Å². The largest absolute Gasteiger partial charge is 0.378 e. The molecule has 1 aromatic rings. The first-order chi connectivity index (χ1) is 10.2. The van der Waals surface area contributed by atoms with Crippen LogP contribution in [0.5, 0.6) is 0 Å². The van der Waals surface area contributed by atoms with E-state index in [1.807, 2.05) is 4.90 Å². The molecule has 0 atom stereocenters. The fraction of sp³-hybridized carbons (Fsp3) is 0.533. The molecule has 1 aromatic heterocycles. The van der Waals surface area contributed by atoms with Gasteiger partial charge in [0.1, 0.15) is 0 Å². The fourth-order valence-corrected chi connectivity index (χ4v) is 2.88. The maximum absolute atomic E-state index is 12.6. The second-order valence-electron chi connectivity index (χ2n) is 5.42. The summed E-state index contributed by atoms with van der Waals surface area (Å²) >= 11 is 0. The molecule has 112 valence electrons. The number of hydrogen-bond donors (Lipinski definition) is 0.